The van der Waals surface area contributed by atoms with Crippen LogP contribution in [0, 0.1) is 0 Å². The Morgan fingerprint density at radius 3 is 1.64 bits per heavy atom. The second-order valence-electron chi connectivity index (χ2n) is 2.24. The van der Waals surface area contributed by atoms with Crippen LogP contribution in [0.3, 0.4) is 0 Å². The summed E-state index contributed by atoms with van der Waals surface area (Å²) in [5.41, 5.74) is 0. The fourth-order valence-corrected chi connectivity index (χ4v) is 0.539. The molecular formula is C4H11NaO5S. The quantitative estimate of drug-likeness (QED) is 0.312. The Kier molecular flexibility index (Phi) is 6.21. The molecule has 0 fully saturated rings. The molecule has 0 bridgehead atoms. The van der Waals surface area contributed by atoms with Crippen LogP contribution in [0.25, 0.3) is 0 Å². The molecule has 64 valence electrons. The Balaban J connectivity index is -0.000000405. The van der Waals surface area contributed by atoms with E-state index in [4.69, 9.17) is 14.8 Å². The summed E-state index contributed by atoms with van der Waals surface area (Å²) in [6.45, 7) is -0.562. The maximum absolute atomic E-state index is 10.4. The number of aliphatic hydroxyl groups is 2. The van der Waals surface area contributed by atoms with Gasteiger partial charge in [-0.05, 0) is 6.92 Å². The van der Waals surface area contributed by atoms with Crippen LogP contribution in [-0.4, -0.2) is 41.1 Å². The van der Waals surface area contributed by atoms with Crippen molar-refractivity contribution in [3.05, 3.63) is 0 Å². The average molecular weight is 194 g/mol. The molecule has 11 heavy (non-hydrogen) atoms. The molecule has 0 aliphatic heterocycles. The fourth-order valence-electron chi connectivity index (χ4n) is 0.213. The van der Waals surface area contributed by atoms with Gasteiger partial charge in [-0.1, -0.05) is 0 Å². The molecule has 7 heteroatoms. The first-order valence-corrected chi connectivity index (χ1v) is 4.00. The van der Waals surface area contributed by atoms with Crippen molar-refractivity contribution in [1.82, 2.24) is 0 Å². The van der Waals surface area contributed by atoms with E-state index in [2.05, 4.69) is 0 Å². The van der Waals surface area contributed by atoms with Gasteiger partial charge in [0.25, 0.3) is 10.1 Å². The maximum Gasteiger partial charge on any atom is 1.00 e. The molecule has 0 aliphatic carbocycles. The van der Waals surface area contributed by atoms with Gasteiger partial charge in [-0.2, -0.15) is 8.42 Å². The standard InChI is InChI=1S/C4H10O5S.Na.H/c1-4(2-5,3-6)10(7,8)9;;/h5-6H,2-3H2,1H3,(H,7,8,9);;/q;+1;-1. The molecule has 0 spiro atoms. The maximum atomic E-state index is 10.4. The molecule has 0 amide bonds. The largest absolute Gasteiger partial charge is 1.00 e. The van der Waals surface area contributed by atoms with E-state index in [0.717, 1.165) is 6.92 Å². The normalized spacial score (nSPS) is 12.4. The zero-order valence-corrected chi connectivity index (χ0v) is 9.30. The van der Waals surface area contributed by atoms with E-state index in [-0.39, 0.29) is 31.0 Å². The van der Waals surface area contributed by atoms with E-state index in [9.17, 15) is 8.42 Å². The first-order chi connectivity index (χ1) is 4.37. The molecule has 0 aromatic rings. The Morgan fingerprint density at radius 2 is 1.64 bits per heavy atom. The van der Waals surface area contributed by atoms with Crippen molar-refractivity contribution in [2.24, 2.45) is 0 Å². The zero-order chi connectivity index (χ0) is 8.41. The summed E-state index contributed by atoms with van der Waals surface area (Å²) >= 11 is 0. The Labute approximate surface area is 88.9 Å². The summed E-state index contributed by atoms with van der Waals surface area (Å²) in [4.78, 5) is 0. The number of hydrogen-bond donors (Lipinski definition) is 3. The first kappa shape index (κ1) is 14.4. The smallest absolute Gasteiger partial charge is 1.00 e. The molecule has 5 nitrogen and oxygen atoms in total. The number of rotatable bonds is 3. The van der Waals surface area contributed by atoms with Gasteiger partial charge in [0.15, 0.2) is 0 Å². The minimum absolute atomic E-state index is 0. The molecule has 0 aromatic carbocycles. The van der Waals surface area contributed by atoms with E-state index in [0.29, 0.717) is 0 Å². The average Bonchev–Trinajstić information content (AvgIpc) is 1.84. The number of hydrogen-bond acceptors (Lipinski definition) is 4. The molecule has 0 saturated carbocycles. The van der Waals surface area contributed by atoms with E-state index in [1.165, 1.54) is 0 Å². The van der Waals surface area contributed by atoms with E-state index >= 15 is 0 Å². The SMILES string of the molecule is CC(CO)(CO)S(=O)(=O)O.[H-].[Na+]. The molecule has 0 heterocycles. The van der Waals surface area contributed by atoms with Gasteiger partial charge >= 0.3 is 29.6 Å². The molecule has 0 aromatic heterocycles. The van der Waals surface area contributed by atoms with Crippen molar-refractivity contribution in [3.63, 3.8) is 0 Å². The monoisotopic (exact) mass is 194 g/mol. The predicted molar refractivity (Wildman–Crippen MR) is 35.2 cm³/mol. The molecule has 0 radical (unpaired) electrons. The zero-order valence-electron chi connectivity index (χ0n) is 7.48. The van der Waals surface area contributed by atoms with Gasteiger partial charge in [0, 0.05) is 0 Å². The summed E-state index contributed by atoms with van der Waals surface area (Å²) in [5, 5.41) is 16.8. The Morgan fingerprint density at radius 1 is 1.36 bits per heavy atom. The Hall–Kier alpha value is 0.830. The number of aliphatic hydroxyl groups excluding tert-OH is 2. The second kappa shape index (κ2) is 4.76. The third kappa shape index (κ3) is 3.37. The van der Waals surface area contributed by atoms with Gasteiger partial charge in [-0.25, -0.2) is 0 Å². The van der Waals surface area contributed by atoms with Crippen LogP contribution in [-0.2, 0) is 10.1 Å². The van der Waals surface area contributed by atoms with Gasteiger partial charge in [0.05, 0.1) is 13.2 Å². The van der Waals surface area contributed by atoms with Crippen molar-refractivity contribution in [3.8, 4) is 0 Å². The molecular weight excluding hydrogens is 183 g/mol. The second-order valence-corrected chi connectivity index (χ2v) is 4.18. The van der Waals surface area contributed by atoms with Crippen LogP contribution >= 0.6 is 0 Å². The predicted octanol–water partition coefficient (Wildman–Crippen LogP) is -4.27. The fraction of sp³-hybridized carbons (Fsp3) is 1.00. The molecule has 0 atom stereocenters. The van der Waals surface area contributed by atoms with Crippen molar-refractivity contribution in [1.29, 1.82) is 0 Å². The van der Waals surface area contributed by atoms with Crippen molar-refractivity contribution < 1.29 is 54.2 Å². The summed E-state index contributed by atoms with van der Waals surface area (Å²) in [7, 11) is -4.36. The van der Waals surface area contributed by atoms with Gasteiger partial charge in [0.2, 0.25) is 0 Å². The Bertz CT molecular complexity index is 199. The molecule has 0 unspecified atom stereocenters. The topological polar surface area (TPSA) is 94.8 Å². The van der Waals surface area contributed by atoms with Crippen LogP contribution in [0.15, 0.2) is 0 Å². The summed E-state index contributed by atoms with van der Waals surface area (Å²) in [5.74, 6) is 0. The third-order valence-corrected chi connectivity index (χ3v) is 2.80. The van der Waals surface area contributed by atoms with Gasteiger partial charge in [-0.15, -0.1) is 0 Å². The van der Waals surface area contributed by atoms with Gasteiger partial charge < -0.3 is 11.6 Å². The van der Waals surface area contributed by atoms with Crippen LogP contribution in [0.5, 0.6) is 0 Å². The van der Waals surface area contributed by atoms with E-state index in [1.54, 1.807) is 0 Å². The van der Waals surface area contributed by atoms with Crippen LogP contribution in [0.2, 0.25) is 0 Å². The van der Waals surface area contributed by atoms with Crippen molar-refractivity contribution >= 4 is 10.1 Å². The van der Waals surface area contributed by atoms with Crippen molar-refractivity contribution in [2.45, 2.75) is 11.7 Å². The minimum Gasteiger partial charge on any atom is -1.00 e. The van der Waals surface area contributed by atoms with E-state index < -0.39 is 28.1 Å². The van der Waals surface area contributed by atoms with Crippen molar-refractivity contribution in [2.75, 3.05) is 13.2 Å². The van der Waals surface area contributed by atoms with Crippen LogP contribution in [0.1, 0.15) is 8.35 Å². The third-order valence-electron chi connectivity index (χ3n) is 1.29. The van der Waals surface area contributed by atoms with E-state index in [1.807, 2.05) is 0 Å². The van der Waals surface area contributed by atoms with Crippen LogP contribution < -0.4 is 29.6 Å². The molecule has 0 saturated heterocycles. The first-order valence-electron chi connectivity index (χ1n) is 2.56. The summed E-state index contributed by atoms with van der Waals surface area (Å²) in [6, 6.07) is 0. The van der Waals surface area contributed by atoms with Gasteiger partial charge in [-0.3, -0.25) is 4.55 Å². The molecule has 0 rings (SSSR count). The summed E-state index contributed by atoms with van der Waals surface area (Å²) < 4.78 is 27.3. The van der Waals surface area contributed by atoms with Gasteiger partial charge in [0.1, 0.15) is 4.75 Å². The molecule has 0 aliphatic rings. The minimum atomic E-state index is -4.36. The summed E-state index contributed by atoms with van der Waals surface area (Å²) in [6.07, 6.45) is 0. The van der Waals surface area contributed by atoms with Crippen LogP contribution in [0.4, 0.5) is 0 Å². The molecule has 3 N–H and O–H groups in total.